The van der Waals surface area contributed by atoms with Gasteiger partial charge in [0.1, 0.15) is 0 Å². The Bertz CT molecular complexity index is 275. The Morgan fingerprint density at radius 3 is 2.33 bits per heavy atom. The third-order valence-corrected chi connectivity index (χ3v) is 2.87. The molecule has 0 fully saturated rings. The van der Waals surface area contributed by atoms with Gasteiger partial charge in [-0.1, -0.05) is 13.8 Å². The van der Waals surface area contributed by atoms with Crippen molar-refractivity contribution in [2.45, 2.75) is 20.8 Å². The number of likely N-dealkylation sites (N-methyl/N-ethyl adjacent to an activating group) is 1. The zero-order chi connectivity index (χ0) is 12.0. The molecule has 0 spiro atoms. The number of hydrogen-bond donors (Lipinski definition) is 1. The molecule has 4 nitrogen and oxygen atoms in total. The second-order valence-corrected chi connectivity index (χ2v) is 4.08. The van der Waals surface area contributed by atoms with Gasteiger partial charge < -0.3 is 10.2 Å². The lowest BCUT2D eigenvalue weighted by Crippen LogP contribution is -2.28. The van der Waals surface area contributed by atoms with Crippen LogP contribution in [0, 0.1) is 5.92 Å². The fourth-order valence-electron chi connectivity index (χ4n) is 1.14. The summed E-state index contributed by atoms with van der Waals surface area (Å²) in [4.78, 5) is 23.8. The standard InChI is InChI=1S/C10H17BrN2O2/c1-5-13(6-14)9(11)8(7(2)3)10(15)12-4/h6-7H,5H2,1-4H3,(H,12,15)/b9-8-. The fourth-order valence-corrected chi connectivity index (χ4v) is 2.12. The first-order chi connectivity index (χ1) is 6.99. The first kappa shape index (κ1) is 14.2. The van der Waals surface area contributed by atoms with Gasteiger partial charge in [0.15, 0.2) is 0 Å². The molecular weight excluding hydrogens is 260 g/mol. The van der Waals surface area contributed by atoms with E-state index in [-0.39, 0.29) is 11.8 Å². The molecule has 0 heterocycles. The van der Waals surface area contributed by atoms with Crippen molar-refractivity contribution < 1.29 is 9.59 Å². The predicted octanol–water partition coefficient (Wildman–Crippen LogP) is 1.47. The van der Waals surface area contributed by atoms with E-state index in [1.54, 1.807) is 7.05 Å². The summed E-state index contributed by atoms with van der Waals surface area (Å²) in [5.41, 5.74) is 0.575. The van der Waals surface area contributed by atoms with Crippen LogP contribution in [-0.4, -0.2) is 30.8 Å². The molecule has 0 aromatic rings. The minimum absolute atomic E-state index is 0.0494. The summed E-state index contributed by atoms with van der Waals surface area (Å²) in [7, 11) is 1.57. The molecule has 0 radical (unpaired) electrons. The van der Waals surface area contributed by atoms with Crippen molar-refractivity contribution >= 4 is 28.2 Å². The smallest absolute Gasteiger partial charge is 0.249 e. The number of nitrogens with zero attached hydrogens (tertiary/aromatic N) is 1. The van der Waals surface area contributed by atoms with Crippen LogP contribution in [-0.2, 0) is 9.59 Å². The molecule has 0 aliphatic heterocycles. The van der Waals surface area contributed by atoms with Crippen LogP contribution in [0.5, 0.6) is 0 Å². The van der Waals surface area contributed by atoms with Crippen molar-refractivity contribution in [3.05, 3.63) is 10.2 Å². The Morgan fingerprint density at radius 1 is 1.53 bits per heavy atom. The highest BCUT2D eigenvalue weighted by Crippen LogP contribution is 2.22. The average Bonchev–Trinajstić information content (AvgIpc) is 2.19. The van der Waals surface area contributed by atoms with E-state index in [0.717, 1.165) is 0 Å². The van der Waals surface area contributed by atoms with Gasteiger partial charge in [0.2, 0.25) is 12.3 Å². The van der Waals surface area contributed by atoms with E-state index in [1.807, 2.05) is 20.8 Å². The Morgan fingerprint density at radius 2 is 2.07 bits per heavy atom. The van der Waals surface area contributed by atoms with Crippen LogP contribution in [0.4, 0.5) is 0 Å². The molecule has 15 heavy (non-hydrogen) atoms. The normalized spacial score (nSPS) is 12.1. The lowest BCUT2D eigenvalue weighted by Gasteiger charge is -2.19. The topological polar surface area (TPSA) is 49.4 Å². The molecule has 1 N–H and O–H groups in total. The Balaban J connectivity index is 5.24. The molecule has 0 aromatic carbocycles. The zero-order valence-electron chi connectivity index (χ0n) is 9.50. The first-order valence-electron chi connectivity index (χ1n) is 4.83. The van der Waals surface area contributed by atoms with Crippen LogP contribution in [0.1, 0.15) is 20.8 Å². The van der Waals surface area contributed by atoms with E-state index in [1.165, 1.54) is 4.90 Å². The van der Waals surface area contributed by atoms with Crippen LogP contribution in [0.15, 0.2) is 10.2 Å². The van der Waals surface area contributed by atoms with E-state index in [9.17, 15) is 9.59 Å². The molecule has 0 bridgehead atoms. The largest absolute Gasteiger partial charge is 0.355 e. The lowest BCUT2D eigenvalue weighted by molar-refractivity contribution is -0.117. The second kappa shape index (κ2) is 6.61. The van der Waals surface area contributed by atoms with Gasteiger partial charge in [-0.2, -0.15) is 0 Å². The van der Waals surface area contributed by atoms with Gasteiger partial charge in [-0.25, -0.2) is 0 Å². The highest BCUT2D eigenvalue weighted by molar-refractivity contribution is 9.11. The highest BCUT2D eigenvalue weighted by atomic mass is 79.9. The molecule has 0 aromatic heterocycles. The summed E-state index contributed by atoms with van der Waals surface area (Å²) in [6.45, 7) is 6.18. The average molecular weight is 277 g/mol. The first-order valence-corrected chi connectivity index (χ1v) is 5.62. The van der Waals surface area contributed by atoms with Crippen LogP contribution in [0.3, 0.4) is 0 Å². The van der Waals surface area contributed by atoms with E-state index in [0.29, 0.717) is 23.1 Å². The van der Waals surface area contributed by atoms with Crippen molar-refractivity contribution in [1.29, 1.82) is 0 Å². The van der Waals surface area contributed by atoms with Crippen LogP contribution >= 0.6 is 15.9 Å². The number of amides is 2. The minimum atomic E-state index is -0.169. The monoisotopic (exact) mass is 276 g/mol. The van der Waals surface area contributed by atoms with Crippen molar-refractivity contribution in [2.24, 2.45) is 5.92 Å². The van der Waals surface area contributed by atoms with Gasteiger partial charge >= 0.3 is 0 Å². The summed E-state index contributed by atoms with van der Waals surface area (Å²) < 4.78 is 0.536. The number of nitrogens with one attached hydrogen (secondary N) is 1. The maximum absolute atomic E-state index is 11.6. The van der Waals surface area contributed by atoms with Crippen molar-refractivity contribution in [1.82, 2.24) is 10.2 Å². The lowest BCUT2D eigenvalue weighted by atomic mass is 10.0. The van der Waals surface area contributed by atoms with Gasteiger partial charge in [0.05, 0.1) is 10.2 Å². The van der Waals surface area contributed by atoms with Crippen LogP contribution in [0.2, 0.25) is 0 Å². The highest BCUT2D eigenvalue weighted by Gasteiger charge is 2.19. The van der Waals surface area contributed by atoms with Crippen molar-refractivity contribution in [2.75, 3.05) is 13.6 Å². The molecular formula is C10H17BrN2O2. The van der Waals surface area contributed by atoms with E-state index in [4.69, 9.17) is 0 Å². The molecule has 0 aliphatic rings. The Labute approximate surface area is 98.8 Å². The van der Waals surface area contributed by atoms with Crippen LogP contribution < -0.4 is 5.32 Å². The Kier molecular flexibility index (Phi) is 6.24. The number of rotatable bonds is 5. The van der Waals surface area contributed by atoms with Gasteiger partial charge in [-0.05, 0) is 28.8 Å². The Hall–Kier alpha value is -0.840. The van der Waals surface area contributed by atoms with E-state index in [2.05, 4.69) is 21.2 Å². The van der Waals surface area contributed by atoms with Gasteiger partial charge in [-0.15, -0.1) is 0 Å². The molecule has 0 aliphatic carbocycles. The maximum atomic E-state index is 11.6. The van der Waals surface area contributed by atoms with Gasteiger partial charge in [0, 0.05) is 13.6 Å². The predicted molar refractivity (Wildman–Crippen MR) is 63.3 cm³/mol. The molecule has 0 rings (SSSR count). The molecule has 0 saturated heterocycles. The fraction of sp³-hybridized carbons (Fsp3) is 0.600. The number of carbonyl (C=O) groups is 2. The van der Waals surface area contributed by atoms with Gasteiger partial charge in [0.25, 0.3) is 0 Å². The third kappa shape index (κ3) is 3.66. The number of halogens is 1. The minimum Gasteiger partial charge on any atom is -0.355 e. The summed E-state index contributed by atoms with van der Waals surface area (Å²) >= 11 is 3.29. The van der Waals surface area contributed by atoms with E-state index >= 15 is 0 Å². The molecule has 5 heteroatoms. The summed E-state index contributed by atoms with van der Waals surface area (Å²) in [5.74, 6) is -0.120. The van der Waals surface area contributed by atoms with E-state index < -0.39 is 0 Å². The molecule has 0 atom stereocenters. The van der Waals surface area contributed by atoms with Gasteiger partial charge in [-0.3, -0.25) is 9.59 Å². The molecule has 2 amide bonds. The molecule has 86 valence electrons. The maximum Gasteiger partial charge on any atom is 0.249 e. The molecule has 0 saturated carbocycles. The quantitative estimate of drug-likeness (QED) is 0.470. The summed E-state index contributed by atoms with van der Waals surface area (Å²) in [6, 6.07) is 0. The number of carbonyl (C=O) groups excluding carboxylic acids is 2. The summed E-state index contributed by atoms with van der Waals surface area (Å²) in [5, 5.41) is 2.56. The molecule has 0 unspecified atom stereocenters. The van der Waals surface area contributed by atoms with Crippen LogP contribution in [0.25, 0.3) is 0 Å². The van der Waals surface area contributed by atoms with Crippen molar-refractivity contribution in [3.8, 4) is 0 Å². The second-order valence-electron chi connectivity index (χ2n) is 3.33. The SMILES string of the molecule is CCN(C=O)/C(Br)=C(\C(=O)NC)C(C)C. The third-order valence-electron chi connectivity index (χ3n) is 1.99. The van der Waals surface area contributed by atoms with Crippen molar-refractivity contribution in [3.63, 3.8) is 0 Å². The number of hydrogen-bond acceptors (Lipinski definition) is 2. The summed E-state index contributed by atoms with van der Waals surface area (Å²) in [6.07, 6.45) is 0.704. The zero-order valence-corrected chi connectivity index (χ0v) is 11.1.